The van der Waals surface area contributed by atoms with Gasteiger partial charge in [-0.25, -0.2) is 0 Å². The molecule has 0 spiro atoms. The number of hydrogen-bond donors (Lipinski definition) is 1. The minimum absolute atomic E-state index is 0.228. The van der Waals surface area contributed by atoms with E-state index in [0.717, 1.165) is 5.57 Å². The minimum Gasteiger partial charge on any atom is -0.459 e. The fraction of sp³-hybridized carbons (Fsp3) is 0.700. The van der Waals surface area contributed by atoms with Gasteiger partial charge in [-0.3, -0.25) is 4.79 Å². The Morgan fingerprint density at radius 1 is 1.38 bits per heavy atom. The van der Waals surface area contributed by atoms with Crippen LogP contribution in [-0.4, -0.2) is 24.7 Å². The van der Waals surface area contributed by atoms with Gasteiger partial charge < -0.3 is 10.1 Å². The summed E-state index contributed by atoms with van der Waals surface area (Å²) >= 11 is 0. The Morgan fingerprint density at radius 2 is 1.92 bits per heavy atom. The van der Waals surface area contributed by atoms with Crippen LogP contribution in [0.2, 0.25) is 0 Å². The second kappa shape index (κ2) is 5.02. The highest BCUT2D eigenvalue weighted by molar-refractivity contribution is 5.72. The molecular weight excluding hydrogens is 166 g/mol. The van der Waals surface area contributed by atoms with Crippen molar-refractivity contribution in [3.05, 3.63) is 12.2 Å². The summed E-state index contributed by atoms with van der Waals surface area (Å²) in [5.41, 5.74) is 0.602. The molecule has 76 valence electrons. The van der Waals surface area contributed by atoms with Crippen LogP contribution < -0.4 is 5.32 Å². The lowest BCUT2D eigenvalue weighted by molar-refractivity contribution is -0.153. The van der Waals surface area contributed by atoms with Crippen molar-refractivity contribution in [3.63, 3.8) is 0 Å². The first-order valence-electron chi connectivity index (χ1n) is 4.38. The van der Waals surface area contributed by atoms with Crippen molar-refractivity contribution < 1.29 is 9.53 Å². The van der Waals surface area contributed by atoms with E-state index in [1.54, 1.807) is 0 Å². The molecule has 0 aromatic rings. The highest BCUT2D eigenvalue weighted by atomic mass is 16.6. The summed E-state index contributed by atoms with van der Waals surface area (Å²) in [5.74, 6) is -0.228. The quantitative estimate of drug-likeness (QED) is 0.532. The predicted octanol–water partition coefficient (Wildman–Crippen LogP) is 1.49. The van der Waals surface area contributed by atoms with E-state index in [2.05, 4.69) is 11.9 Å². The number of carbonyl (C=O) groups is 1. The highest BCUT2D eigenvalue weighted by Crippen LogP contribution is 2.06. The number of esters is 1. The number of ether oxygens (including phenoxy) is 1. The molecule has 0 heterocycles. The molecule has 0 unspecified atom stereocenters. The van der Waals surface area contributed by atoms with E-state index < -0.39 is 5.60 Å². The summed E-state index contributed by atoms with van der Waals surface area (Å²) in [6.07, 6.45) is 0. The summed E-state index contributed by atoms with van der Waals surface area (Å²) in [7, 11) is 0. The normalized spacial score (nSPS) is 11.1. The number of carbonyl (C=O) groups excluding carboxylic acids is 1. The van der Waals surface area contributed by atoms with Gasteiger partial charge in [-0.2, -0.15) is 0 Å². The molecule has 0 bridgehead atoms. The van der Waals surface area contributed by atoms with Crippen LogP contribution in [-0.2, 0) is 9.53 Å². The summed E-state index contributed by atoms with van der Waals surface area (Å²) < 4.78 is 5.09. The summed E-state index contributed by atoms with van der Waals surface area (Å²) in [6, 6.07) is 0. The SMILES string of the molecule is C=C(C)CNCC(=O)OC(C)(C)C. The van der Waals surface area contributed by atoms with E-state index in [-0.39, 0.29) is 12.5 Å². The van der Waals surface area contributed by atoms with Crippen LogP contribution in [0.15, 0.2) is 12.2 Å². The van der Waals surface area contributed by atoms with Crippen LogP contribution in [0.3, 0.4) is 0 Å². The molecule has 3 nitrogen and oxygen atoms in total. The Morgan fingerprint density at radius 3 is 2.31 bits per heavy atom. The van der Waals surface area contributed by atoms with Crippen LogP contribution >= 0.6 is 0 Å². The topological polar surface area (TPSA) is 38.3 Å². The van der Waals surface area contributed by atoms with Gasteiger partial charge in [0.25, 0.3) is 0 Å². The predicted molar refractivity (Wildman–Crippen MR) is 53.5 cm³/mol. The van der Waals surface area contributed by atoms with Gasteiger partial charge in [0.1, 0.15) is 5.60 Å². The van der Waals surface area contributed by atoms with Crippen LogP contribution in [0.5, 0.6) is 0 Å². The Labute approximate surface area is 80.2 Å². The average Bonchev–Trinajstić information content (AvgIpc) is 1.81. The summed E-state index contributed by atoms with van der Waals surface area (Å²) in [6.45, 7) is 12.1. The van der Waals surface area contributed by atoms with Gasteiger partial charge in [-0.05, 0) is 27.7 Å². The molecule has 1 N–H and O–H groups in total. The Balaban J connectivity index is 3.59. The van der Waals surface area contributed by atoms with E-state index in [1.807, 2.05) is 27.7 Å². The molecular formula is C10H19NO2. The van der Waals surface area contributed by atoms with Crippen LogP contribution in [0.1, 0.15) is 27.7 Å². The van der Waals surface area contributed by atoms with E-state index in [9.17, 15) is 4.79 Å². The van der Waals surface area contributed by atoms with Crippen molar-refractivity contribution in [2.75, 3.05) is 13.1 Å². The first kappa shape index (κ1) is 12.2. The number of nitrogens with one attached hydrogen (secondary N) is 1. The van der Waals surface area contributed by atoms with Gasteiger partial charge >= 0.3 is 5.97 Å². The van der Waals surface area contributed by atoms with Crippen LogP contribution in [0.4, 0.5) is 0 Å². The van der Waals surface area contributed by atoms with Gasteiger partial charge in [0.15, 0.2) is 0 Å². The highest BCUT2D eigenvalue weighted by Gasteiger charge is 2.15. The lowest BCUT2D eigenvalue weighted by Gasteiger charge is -2.19. The van der Waals surface area contributed by atoms with E-state index >= 15 is 0 Å². The third-order valence-corrected chi connectivity index (χ3v) is 1.12. The third kappa shape index (κ3) is 9.08. The molecule has 0 aromatic heterocycles. The minimum atomic E-state index is -0.401. The number of rotatable bonds is 4. The molecule has 0 aromatic carbocycles. The van der Waals surface area contributed by atoms with Crippen molar-refractivity contribution in [2.45, 2.75) is 33.3 Å². The van der Waals surface area contributed by atoms with E-state index in [0.29, 0.717) is 6.54 Å². The maximum Gasteiger partial charge on any atom is 0.320 e. The molecule has 0 saturated carbocycles. The van der Waals surface area contributed by atoms with Crippen molar-refractivity contribution in [1.82, 2.24) is 5.32 Å². The molecule has 0 radical (unpaired) electrons. The lowest BCUT2D eigenvalue weighted by atomic mass is 10.2. The first-order chi connectivity index (χ1) is 5.81. The van der Waals surface area contributed by atoms with Crippen molar-refractivity contribution in [3.8, 4) is 0 Å². The van der Waals surface area contributed by atoms with Gasteiger partial charge in [-0.1, -0.05) is 12.2 Å². The number of hydrogen-bond acceptors (Lipinski definition) is 3. The standard InChI is InChI=1S/C10H19NO2/c1-8(2)6-11-7-9(12)13-10(3,4)5/h11H,1,6-7H2,2-5H3. The molecule has 0 rings (SSSR count). The molecule has 13 heavy (non-hydrogen) atoms. The monoisotopic (exact) mass is 185 g/mol. The second-order valence-electron chi connectivity index (χ2n) is 4.15. The zero-order chi connectivity index (χ0) is 10.5. The Hall–Kier alpha value is -0.830. The lowest BCUT2D eigenvalue weighted by Crippen LogP contribution is -2.32. The maximum atomic E-state index is 11.1. The van der Waals surface area contributed by atoms with Crippen molar-refractivity contribution in [2.24, 2.45) is 0 Å². The second-order valence-corrected chi connectivity index (χ2v) is 4.15. The van der Waals surface area contributed by atoms with Gasteiger partial charge in [-0.15, -0.1) is 0 Å². The third-order valence-electron chi connectivity index (χ3n) is 1.12. The fourth-order valence-electron chi connectivity index (χ4n) is 0.756. The van der Waals surface area contributed by atoms with Crippen molar-refractivity contribution >= 4 is 5.97 Å². The fourth-order valence-corrected chi connectivity index (χ4v) is 0.756. The molecule has 0 aliphatic heterocycles. The van der Waals surface area contributed by atoms with Crippen molar-refractivity contribution in [1.29, 1.82) is 0 Å². The first-order valence-corrected chi connectivity index (χ1v) is 4.38. The maximum absolute atomic E-state index is 11.1. The van der Waals surface area contributed by atoms with Crippen LogP contribution in [0, 0.1) is 0 Å². The van der Waals surface area contributed by atoms with E-state index in [4.69, 9.17) is 4.74 Å². The summed E-state index contributed by atoms with van der Waals surface area (Å²) in [4.78, 5) is 11.1. The Bertz CT molecular complexity index is 192. The largest absolute Gasteiger partial charge is 0.459 e. The molecule has 0 aliphatic carbocycles. The molecule has 3 heteroatoms. The van der Waals surface area contributed by atoms with Crippen LogP contribution in [0.25, 0.3) is 0 Å². The zero-order valence-corrected chi connectivity index (χ0v) is 8.94. The van der Waals surface area contributed by atoms with E-state index in [1.165, 1.54) is 0 Å². The van der Waals surface area contributed by atoms with Gasteiger partial charge in [0, 0.05) is 6.54 Å². The average molecular weight is 185 g/mol. The zero-order valence-electron chi connectivity index (χ0n) is 8.94. The molecule has 0 atom stereocenters. The van der Waals surface area contributed by atoms with Gasteiger partial charge in [0.2, 0.25) is 0 Å². The summed E-state index contributed by atoms with van der Waals surface area (Å²) in [5, 5.41) is 2.93. The molecule has 0 amide bonds. The molecule has 0 saturated heterocycles. The molecule has 0 aliphatic rings. The van der Waals surface area contributed by atoms with Gasteiger partial charge in [0.05, 0.1) is 6.54 Å². The molecule has 0 fully saturated rings. The smallest absolute Gasteiger partial charge is 0.320 e. The Kier molecular flexibility index (Phi) is 4.70.